The van der Waals surface area contributed by atoms with Gasteiger partial charge in [0.1, 0.15) is 4.90 Å². The maximum atomic E-state index is 11.4. The Labute approximate surface area is 120 Å². The molecule has 0 radical (unpaired) electrons. The van der Waals surface area contributed by atoms with Crippen LogP contribution in [0, 0.1) is 0 Å². The summed E-state index contributed by atoms with van der Waals surface area (Å²) in [5.41, 5.74) is 6.82. The Kier molecular flexibility index (Phi) is 5.79. The molecule has 20 heavy (non-hydrogen) atoms. The van der Waals surface area contributed by atoms with Crippen LogP contribution in [0.4, 0.5) is 11.4 Å². The zero-order valence-corrected chi connectivity index (χ0v) is 13.0. The van der Waals surface area contributed by atoms with Gasteiger partial charge in [0.05, 0.1) is 12.3 Å². The Balaban J connectivity index is 3.12. The summed E-state index contributed by atoms with van der Waals surface area (Å²) in [6, 6.07) is 5.10. The number of ether oxygens (including phenoxy) is 1. The number of primary sulfonamides is 1. The van der Waals surface area contributed by atoms with Crippen molar-refractivity contribution in [3.05, 3.63) is 18.2 Å². The van der Waals surface area contributed by atoms with E-state index in [1.807, 2.05) is 0 Å². The Morgan fingerprint density at radius 3 is 2.50 bits per heavy atom. The van der Waals surface area contributed by atoms with Crippen LogP contribution in [-0.2, 0) is 14.8 Å². The fourth-order valence-corrected chi connectivity index (χ4v) is 2.63. The molecule has 0 spiro atoms. The van der Waals surface area contributed by atoms with Gasteiger partial charge in [0.15, 0.2) is 0 Å². The van der Waals surface area contributed by atoms with Crippen molar-refractivity contribution in [2.24, 2.45) is 5.14 Å². The van der Waals surface area contributed by atoms with Gasteiger partial charge in [-0.3, -0.25) is 0 Å². The standard InChI is InChI=1S/C13H23N3O3S/c1-4-10(2)16(7-8-19-3)11-5-6-13(12(14)9-11)20(15,17)18/h5-6,9-10H,4,7-8,14H2,1-3H3,(H2,15,17,18). The fourth-order valence-electron chi connectivity index (χ4n) is 1.99. The van der Waals surface area contributed by atoms with Crippen molar-refractivity contribution >= 4 is 21.4 Å². The lowest BCUT2D eigenvalue weighted by atomic mass is 10.1. The molecule has 0 aromatic heterocycles. The third-order valence-electron chi connectivity index (χ3n) is 3.29. The second kappa shape index (κ2) is 6.92. The molecule has 1 aromatic rings. The average molecular weight is 301 g/mol. The molecule has 0 aliphatic carbocycles. The molecular weight excluding hydrogens is 278 g/mol. The molecule has 1 aromatic carbocycles. The van der Waals surface area contributed by atoms with Crippen molar-refractivity contribution in [3.63, 3.8) is 0 Å². The van der Waals surface area contributed by atoms with Crippen LogP contribution in [-0.4, -0.2) is 34.7 Å². The topological polar surface area (TPSA) is 98.6 Å². The van der Waals surface area contributed by atoms with Gasteiger partial charge in [0.2, 0.25) is 10.0 Å². The first kappa shape index (κ1) is 16.7. The average Bonchev–Trinajstić information content (AvgIpc) is 2.37. The normalized spacial score (nSPS) is 13.2. The molecule has 1 rings (SSSR count). The van der Waals surface area contributed by atoms with E-state index in [9.17, 15) is 8.42 Å². The lowest BCUT2D eigenvalue weighted by Gasteiger charge is -2.31. The van der Waals surface area contributed by atoms with Gasteiger partial charge in [0.25, 0.3) is 0 Å². The second-order valence-electron chi connectivity index (χ2n) is 4.71. The van der Waals surface area contributed by atoms with Gasteiger partial charge >= 0.3 is 0 Å². The third kappa shape index (κ3) is 4.09. The highest BCUT2D eigenvalue weighted by atomic mass is 32.2. The molecule has 6 nitrogen and oxygen atoms in total. The predicted octanol–water partition coefficient (Wildman–Crippen LogP) is 1.17. The molecule has 4 N–H and O–H groups in total. The van der Waals surface area contributed by atoms with E-state index in [0.29, 0.717) is 19.2 Å². The summed E-state index contributed by atoms with van der Waals surface area (Å²) >= 11 is 0. The number of benzene rings is 1. The van der Waals surface area contributed by atoms with Crippen LogP contribution >= 0.6 is 0 Å². The molecule has 1 unspecified atom stereocenters. The van der Waals surface area contributed by atoms with Crippen molar-refractivity contribution in [2.45, 2.75) is 31.2 Å². The molecular formula is C13H23N3O3S. The van der Waals surface area contributed by atoms with Gasteiger partial charge < -0.3 is 15.4 Å². The molecule has 0 aliphatic heterocycles. The second-order valence-corrected chi connectivity index (χ2v) is 6.24. The first-order chi connectivity index (χ1) is 9.31. The summed E-state index contributed by atoms with van der Waals surface area (Å²) in [7, 11) is -2.14. The van der Waals surface area contributed by atoms with E-state index in [2.05, 4.69) is 18.7 Å². The summed E-state index contributed by atoms with van der Waals surface area (Å²) in [6.45, 7) is 5.48. The quantitative estimate of drug-likeness (QED) is 0.737. The Morgan fingerprint density at radius 1 is 1.40 bits per heavy atom. The molecule has 7 heteroatoms. The number of nitrogens with zero attached hydrogens (tertiary/aromatic N) is 1. The van der Waals surface area contributed by atoms with E-state index >= 15 is 0 Å². The van der Waals surface area contributed by atoms with Crippen molar-refractivity contribution in [2.75, 3.05) is 30.9 Å². The van der Waals surface area contributed by atoms with Gasteiger partial charge in [0, 0.05) is 25.4 Å². The van der Waals surface area contributed by atoms with Crippen LogP contribution in [0.15, 0.2) is 23.1 Å². The maximum Gasteiger partial charge on any atom is 0.240 e. The number of hydrogen-bond acceptors (Lipinski definition) is 5. The summed E-state index contributed by atoms with van der Waals surface area (Å²) in [6.07, 6.45) is 0.959. The molecule has 0 fully saturated rings. The monoisotopic (exact) mass is 301 g/mol. The van der Waals surface area contributed by atoms with Crippen molar-refractivity contribution in [3.8, 4) is 0 Å². The Hall–Kier alpha value is -1.31. The summed E-state index contributed by atoms with van der Waals surface area (Å²) < 4.78 is 27.8. The van der Waals surface area contributed by atoms with E-state index in [4.69, 9.17) is 15.6 Å². The number of nitrogens with two attached hydrogens (primary N) is 2. The summed E-state index contributed by atoms with van der Waals surface area (Å²) in [5, 5.41) is 5.11. The number of methoxy groups -OCH3 is 1. The highest BCUT2D eigenvalue weighted by Crippen LogP contribution is 2.26. The molecule has 0 bridgehead atoms. The van der Waals surface area contributed by atoms with E-state index in [1.165, 1.54) is 6.07 Å². The number of nitrogen functional groups attached to an aromatic ring is 1. The zero-order valence-electron chi connectivity index (χ0n) is 12.2. The van der Waals surface area contributed by atoms with Crippen molar-refractivity contribution in [1.82, 2.24) is 0 Å². The molecule has 0 saturated carbocycles. The SMILES string of the molecule is CCC(C)N(CCOC)c1ccc(S(N)(=O)=O)c(N)c1. The number of hydrogen-bond donors (Lipinski definition) is 2. The lowest BCUT2D eigenvalue weighted by molar-refractivity contribution is 0.203. The number of rotatable bonds is 7. The molecule has 1 atom stereocenters. The van der Waals surface area contributed by atoms with Gasteiger partial charge in [-0.05, 0) is 31.5 Å². The Bertz CT molecular complexity index is 546. The van der Waals surface area contributed by atoms with Crippen LogP contribution in [0.5, 0.6) is 0 Å². The molecule has 0 saturated heterocycles. The number of anilines is 2. The first-order valence-electron chi connectivity index (χ1n) is 6.49. The maximum absolute atomic E-state index is 11.4. The van der Waals surface area contributed by atoms with Crippen LogP contribution in [0.1, 0.15) is 20.3 Å². The predicted molar refractivity (Wildman–Crippen MR) is 81.2 cm³/mol. The van der Waals surface area contributed by atoms with Crippen molar-refractivity contribution in [1.29, 1.82) is 0 Å². The smallest absolute Gasteiger partial charge is 0.240 e. The lowest BCUT2D eigenvalue weighted by Crippen LogP contribution is -2.35. The van der Waals surface area contributed by atoms with E-state index in [1.54, 1.807) is 19.2 Å². The third-order valence-corrected chi connectivity index (χ3v) is 4.28. The van der Waals surface area contributed by atoms with E-state index in [-0.39, 0.29) is 10.6 Å². The largest absolute Gasteiger partial charge is 0.398 e. The molecule has 114 valence electrons. The fraction of sp³-hybridized carbons (Fsp3) is 0.538. The van der Waals surface area contributed by atoms with Crippen LogP contribution in [0.3, 0.4) is 0 Å². The van der Waals surface area contributed by atoms with Gasteiger partial charge in [-0.1, -0.05) is 6.92 Å². The summed E-state index contributed by atoms with van der Waals surface area (Å²) in [4.78, 5) is 2.09. The summed E-state index contributed by atoms with van der Waals surface area (Å²) in [5.74, 6) is 0. The van der Waals surface area contributed by atoms with E-state index in [0.717, 1.165) is 12.1 Å². The van der Waals surface area contributed by atoms with Crippen LogP contribution in [0.25, 0.3) is 0 Å². The molecule has 0 amide bonds. The first-order valence-corrected chi connectivity index (χ1v) is 8.03. The zero-order chi connectivity index (χ0) is 15.3. The minimum Gasteiger partial charge on any atom is -0.398 e. The molecule has 0 heterocycles. The Morgan fingerprint density at radius 2 is 2.05 bits per heavy atom. The minimum absolute atomic E-state index is 0.0444. The highest BCUT2D eigenvalue weighted by Gasteiger charge is 2.17. The number of sulfonamides is 1. The molecule has 0 aliphatic rings. The highest BCUT2D eigenvalue weighted by molar-refractivity contribution is 7.89. The van der Waals surface area contributed by atoms with Crippen LogP contribution < -0.4 is 15.8 Å². The van der Waals surface area contributed by atoms with E-state index < -0.39 is 10.0 Å². The van der Waals surface area contributed by atoms with Gasteiger partial charge in [-0.2, -0.15) is 0 Å². The van der Waals surface area contributed by atoms with Crippen LogP contribution in [0.2, 0.25) is 0 Å². The van der Waals surface area contributed by atoms with Gasteiger partial charge in [-0.25, -0.2) is 13.6 Å². The van der Waals surface area contributed by atoms with Crippen molar-refractivity contribution < 1.29 is 13.2 Å². The minimum atomic E-state index is -3.79. The van der Waals surface area contributed by atoms with Gasteiger partial charge in [-0.15, -0.1) is 0 Å².